The number of carbonyl (C=O) groups is 1. The Kier molecular flexibility index (Phi) is 8.67. The average molecular weight is 441 g/mol. The monoisotopic (exact) mass is 440 g/mol. The Balaban J connectivity index is 1.67. The summed E-state index contributed by atoms with van der Waals surface area (Å²) in [5.41, 5.74) is 4.10. The lowest BCUT2D eigenvalue weighted by Gasteiger charge is -2.13. The van der Waals surface area contributed by atoms with Crippen molar-refractivity contribution in [2.24, 2.45) is 0 Å². The lowest BCUT2D eigenvalue weighted by molar-refractivity contribution is -0.117. The van der Waals surface area contributed by atoms with E-state index >= 15 is 0 Å². The Bertz CT molecular complexity index is 1150. The molecule has 5 heteroatoms. The third-order valence-corrected chi connectivity index (χ3v) is 4.96. The first kappa shape index (κ1) is 23.6. The molecule has 0 heterocycles. The number of aryl methyl sites for hydroxylation is 1. The first-order valence-corrected chi connectivity index (χ1v) is 11.0. The highest BCUT2D eigenvalue weighted by Gasteiger charge is 2.11. The van der Waals surface area contributed by atoms with Gasteiger partial charge in [0.1, 0.15) is 18.2 Å². The number of hydrogen-bond donors (Lipinski definition) is 1. The van der Waals surface area contributed by atoms with Crippen LogP contribution in [0.15, 0.2) is 78.4 Å². The number of rotatable bonds is 10. The smallest absolute Gasteiger partial charge is 0.261 e. The largest absolute Gasteiger partial charge is 0.490 e. The molecular formula is C28H28N2O3. The molecule has 0 aromatic heterocycles. The summed E-state index contributed by atoms with van der Waals surface area (Å²) in [4.78, 5) is 12.5. The molecule has 0 saturated heterocycles. The second-order valence-electron chi connectivity index (χ2n) is 7.58. The van der Waals surface area contributed by atoms with E-state index in [4.69, 9.17) is 9.47 Å². The van der Waals surface area contributed by atoms with Crippen molar-refractivity contribution in [2.45, 2.75) is 26.9 Å². The van der Waals surface area contributed by atoms with E-state index in [-0.39, 0.29) is 5.57 Å². The number of nitriles is 1. The van der Waals surface area contributed by atoms with Crippen LogP contribution in [0.25, 0.3) is 6.08 Å². The number of benzene rings is 3. The SMILES string of the molecule is CCOc1cc(C=C(C#N)C(=O)NCCc2ccccc2)ccc1OCc1cccc(C)c1. The Hall–Kier alpha value is -4.04. The molecule has 0 spiro atoms. The van der Waals surface area contributed by atoms with E-state index in [9.17, 15) is 10.1 Å². The predicted octanol–water partition coefficient (Wildman–Crippen LogP) is 5.24. The van der Waals surface area contributed by atoms with Gasteiger partial charge in [0, 0.05) is 6.54 Å². The molecule has 168 valence electrons. The van der Waals surface area contributed by atoms with Crippen molar-refractivity contribution >= 4 is 12.0 Å². The van der Waals surface area contributed by atoms with E-state index in [0.717, 1.165) is 11.1 Å². The van der Waals surface area contributed by atoms with Crippen LogP contribution in [-0.4, -0.2) is 19.1 Å². The summed E-state index contributed by atoms with van der Waals surface area (Å²) in [7, 11) is 0. The summed E-state index contributed by atoms with van der Waals surface area (Å²) < 4.78 is 11.7. The van der Waals surface area contributed by atoms with E-state index in [1.165, 1.54) is 5.56 Å². The van der Waals surface area contributed by atoms with E-state index in [2.05, 4.69) is 11.4 Å². The van der Waals surface area contributed by atoms with Gasteiger partial charge in [-0.3, -0.25) is 4.79 Å². The molecule has 0 aliphatic rings. The van der Waals surface area contributed by atoms with Gasteiger partial charge in [-0.2, -0.15) is 5.26 Å². The quantitative estimate of drug-likeness (QED) is 0.346. The maximum atomic E-state index is 12.5. The maximum absolute atomic E-state index is 12.5. The average Bonchev–Trinajstić information content (AvgIpc) is 2.83. The number of amides is 1. The fourth-order valence-corrected chi connectivity index (χ4v) is 3.34. The van der Waals surface area contributed by atoms with Gasteiger partial charge in [-0.05, 0) is 55.2 Å². The molecule has 0 saturated carbocycles. The van der Waals surface area contributed by atoms with Crippen LogP contribution in [0.1, 0.15) is 29.2 Å². The van der Waals surface area contributed by atoms with Crippen molar-refractivity contribution in [2.75, 3.05) is 13.2 Å². The molecule has 3 aromatic carbocycles. The van der Waals surface area contributed by atoms with Crippen molar-refractivity contribution < 1.29 is 14.3 Å². The van der Waals surface area contributed by atoms with E-state index in [1.54, 1.807) is 18.2 Å². The zero-order chi connectivity index (χ0) is 23.5. The Labute approximate surface area is 195 Å². The molecule has 0 bridgehead atoms. The Morgan fingerprint density at radius 3 is 2.48 bits per heavy atom. The zero-order valence-electron chi connectivity index (χ0n) is 19.0. The third-order valence-electron chi connectivity index (χ3n) is 4.96. The van der Waals surface area contributed by atoms with Gasteiger partial charge < -0.3 is 14.8 Å². The van der Waals surface area contributed by atoms with Crippen LogP contribution in [0.5, 0.6) is 11.5 Å². The molecule has 0 atom stereocenters. The number of carbonyl (C=O) groups excluding carboxylic acids is 1. The normalized spacial score (nSPS) is 10.9. The van der Waals surface area contributed by atoms with Crippen molar-refractivity contribution in [3.05, 3.63) is 101 Å². The zero-order valence-corrected chi connectivity index (χ0v) is 19.0. The first-order chi connectivity index (χ1) is 16.1. The van der Waals surface area contributed by atoms with Crippen molar-refractivity contribution in [3.8, 4) is 17.6 Å². The number of hydrogen-bond acceptors (Lipinski definition) is 4. The van der Waals surface area contributed by atoms with Crippen LogP contribution >= 0.6 is 0 Å². The fourth-order valence-electron chi connectivity index (χ4n) is 3.34. The standard InChI is InChI=1S/C28H28N2O3/c1-3-32-27-18-23(12-13-26(27)33-20-24-11-7-8-21(2)16-24)17-25(19-29)28(31)30-15-14-22-9-5-4-6-10-22/h4-13,16-18H,3,14-15,20H2,1-2H3,(H,30,31). The molecule has 0 unspecified atom stereocenters. The second-order valence-corrected chi connectivity index (χ2v) is 7.58. The molecule has 0 aliphatic carbocycles. The van der Waals surface area contributed by atoms with E-state index in [0.29, 0.717) is 43.2 Å². The van der Waals surface area contributed by atoms with E-state index < -0.39 is 5.91 Å². The summed E-state index contributed by atoms with van der Waals surface area (Å²) in [6.07, 6.45) is 2.26. The molecule has 3 rings (SSSR count). The molecule has 5 nitrogen and oxygen atoms in total. The minimum atomic E-state index is -0.397. The van der Waals surface area contributed by atoms with Gasteiger partial charge in [-0.25, -0.2) is 0 Å². The minimum absolute atomic E-state index is 0.0407. The highest BCUT2D eigenvalue weighted by Crippen LogP contribution is 2.30. The van der Waals surface area contributed by atoms with Gasteiger partial charge in [-0.15, -0.1) is 0 Å². The topological polar surface area (TPSA) is 71.3 Å². The molecule has 1 N–H and O–H groups in total. The summed E-state index contributed by atoms with van der Waals surface area (Å²) in [5.74, 6) is 0.785. The third kappa shape index (κ3) is 7.26. The van der Waals surface area contributed by atoms with Gasteiger partial charge in [0.2, 0.25) is 0 Å². The van der Waals surface area contributed by atoms with Crippen LogP contribution in [0.4, 0.5) is 0 Å². The molecule has 0 aliphatic heterocycles. The van der Waals surface area contributed by atoms with Crippen LogP contribution in [0, 0.1) is 18.3 Å². The second kappa shape index (κ2) is 12.1. The van der Waals surface area contributed by atoms with Crippen LogP contribution in [0.2, 0.25) is 0 Å². The van der Waals surface area contributed by atoms with Gasteiger partial charge >= 0.3 is 0 Å². The molecule has 33 heavy (non-hydrogen) atoms. The summed E-state index contributed by atoms with van der Waals surface area (Å²) >= 11 is 0. The first-order valence-electron chi connectivity index (χ1n) is 11.0. The van der Waals surface area contributed by atoms with Crippen molar-refractivity contribution in [1.29, 1.82) is 5.26 Å². The summed E-state index contributed by atoms with van der Waals surface area (Å²) in [5, 5.41) is 12.3. The Morgan fingerprint density at radius 1 is 0.970 bits per heavy atom. The van der Waals surface area contributed by atoms with Crippen molar-refractivity contribution in [3.63, 3.8) is 0 Å². The van der Waals surface area contributed by atoms with Gasteiger partial charge in [0.25, 0.3) is 5.91 Å². The lowest BCUT2D eigenvalue weighted by Crippen LogP contribution is -2.26. The molecule has 3 aromatic rings. The molecule has 0 radical (unpaired) electrons. The number of ether oxygens (including phenoxy) is 2. The van der Waals surface area contributed by atoms with E-state index in [1.807, 2.05) is 74.5 Å². The fraction of sp³-hybridized carbons (Fsp3) is 0.214. The summed E-state index contributed by atoms with van der Waals surface area (Å²) in [6.45, 7) is 5.29. The molecular weight excluding hydrogens is 412 g/mol. The number of nitrogens with zero attached hydrogens (tertiary/aromatic N) is 1. The van der Waals surface area contributed by atoms with Crippen LogP contribution in [-0.2, 0) is 17.8 Å². The number of nitrogens with one attached hydrogen (secondary N) is 1. The lowest BCUT2D eigenvalue weighted by atomic mass is 10.1. The van der Waals surface area contributed by atoms with Gasteiger partial charge in [-0.1, -0.05) is 66.2 Å². The van der Waals surface area contributed by atoms with Gasteiger partial charge in [0.05, 0.1) is 6.61 Å². The van der Waals surface area contributed by atoms with Crippen LogP contribution in [0.3, 0.4) is 0 Å². The highest BCUT2D eigenvalue weighted by atomic mass is 16.5. The Morgan fingerprint density at radius 2 is 1.76 bits per heavy atom. The van der Waals surface area contributed by atoms with Gasteiger partial charge in [0.15, 0.2) is 11.5 Å². The van der Waals surface area contributed by atoms with Crippen molar-refractivity contribution in [1.82, 2.24) is 5.32 Å². The maximum Gasteiger partial charge on any atom is 0.261 e. The highest BCUT2D eigenvalue weighted by molar-refractivity contribution is 6.01. The van der Waals surface area contributed by atoms with Crippen LogP contribution < -0.4 is 14.8 Å². The molecule has 1 amide bonds. The molecule has 0 fully saturated rings. The minimum Gasteiger partial charge on any atom is -0.490 e. The summed E-state index contributed by atoms with van der Waals surface area (Å²) in [6, 6.07) is 25.4. The predicted molar refractivity (Wildman–Crippen MR) is 130 cm³/mol.